The lowest BCUT2D eigenvalue weighted by Gasteiger charge is -2.24. The Morgan fingerprint density at radius 1 is 1.41 bits per heavy atom. The Kier molecular flexibility index (Phi) is 3.37. The number of methoxy groups -OCH3 is 1. The van der Waals surface area contributed by atoms with Crippen molar-refractivity contribution in [3.8, 4) is 5.75 Å². The van der Waals surface area contributed by atoms with Crippen LogP contribution in [0.2, 0.25) is 5.02 Å². The second kappa shape index (κ2) is 4.51. The molecule has 1 aliphatic rings. The maximum absolute atomic E-state index is 10.3. The van der Waals surface area contributed by atoms with Crippen molar-refractivity contribution >= 4 is 11.6 Å². The Balaban J connectivity index is 2.47. The highest BCUT2D eigenvalue weighted by molar-refractivity contribution is 6.31. The number of hydrogen-bond acceptors (Lipinski definition) is 2. The smallest absolute Gasteiger partial charge is 0.120 e. The highest BCUT2D eigenvalue weighted by Crippen LogP contribution is 2.42. The second-order valence-corrected chi connectivity index (χ2v) is 5.97. The zero-order chi connectivity index (χ0) is 12.6. The van der Waals surface area contributed by atoms with Gasteiger partial charge in [0, 0.05) is 5.02 Å². The van der Waals surface area contributed by atoms with Gasteiger partial charge in [-0.2, -0.15) is 0 Å². The molecule has 0 radical (unpaired) electrons. The van der Waals surface area contributed by atoms with Gasteiger partial charge in [0.1, 0.15) is 5.75 Å². The van der Waals surface area contributed by atoms with E-state index in [0.717, 1.165) is 30.4 Å². The van der Waals surface area contributed by atoms with Crippen LogP contribution in [0, 0.1) is 5.41 Å². The molecular formula is C14H19ClO2. The summed E-state index contributed by atoms with van der Waals surface area (Å²) in [6, 6.07) is 3.73. The first-order chi connectivity index (χ1) is 7.93. The molecule has 2 nitrogen and oxygen atoms in total. The number of fused-ring (bicyclic) bond motifs is 1. The molecule has 1 unspecified atom stereocenters. The van der Waals surface area contributed by atoms with Gasteiger partial charge >= 0.3 is 0 Å². The van der Waals surface area contributed by atoms with Gasteiger partial charge in [-0.05, 0) is 47.9 Å². The Bertz CT molecular complexity index is 426. The van der Waals surface area contributed by atoms with E-state index in [2.05, 4.69) is 13.8 Å². The minimum absolute atomic E-state index is 0.148. The molecule has 1 aromatic carbocycles. The average molecular weight is 255 g/mol. The van der Waals surface area contributed by atoms with E-state index in [1.54, 1.807) is 7.11 Å². The number of rotatable bonds is 1. The normalized spacial score (nSPS) is 22.8. The van der Waals surface area contributed by atoms with Crippen LogP contribution in [0.15, 0.2) is 12.1 Å². The molecule has 0 fully saturated rings. The molecule has 1 aliphatic carbocycles. The third kappa shape index (κ3) is 2.58. The van der Waals surface area contributed by atoms with E-state index in [-0.39, 0.29) is 5.41 Å². The van der Waals surface area contributed by atoms with E-state index in [4.69, 9.17) is 16.3 Å². The molecule has 0 spiro atoms. The van der Waals surface area contributed by atoms with Crippen molar-refractivity contribution in [2.75, 3.05) is 7.11 Å². The van der Waals surface area contributed by atoms with Crippen molar-refractivity contribution in [3.63, 3.8) is 0 Å². The van der Waals surface area contributed by atoms with Crippen LogP contribution < -0.4 is 4.74 Å². The third-order valence-corrected chi connectivity index (χ3v) is 3.93. The van der Waals surface area contributed by atoms with Crippen LogP contribution >= 0.6 is 11.6 Å². The van der Waals surface area contributed by atoms with Crippen molar-refractivity contribution in [2.45, 2.75) is 39.2 Å². The first-order valence-corrected chi connectivity index (χ1v) is 6.35. The van der Waals surface area contributed by atoms with Crippen molar-refractivity contribution in [1.29, 1.82) is 0 Å². The first-order valence-electron chi connectivity index (χ1n) is 5.97. The fourth-order valence-corrected chi connectivity index (χ4v) is 2.82. The van der Waals surface area contributed by atoms with Crippen LogP contribution in [0.3, 0.4) is 0 Å². The summed E-state index contributed by atoms with van der Waals surface area (Å²) < 4.78 is 5.21. The summed E-state index contributed by atoms with van der Waals surface area (Å²) in [5.41, 5.74) is 2.15. The van der Waals surface area contributed by atoms with E-state index in [0.29, 0.717) is 10.8 Å². The molecule has 0 saturated carbocycles. The average Bonchev–Trinajstić information content (AvgIpc) is 2.36. The van der Waals surface area contributed by atoms with Crippen molar-refractivity contribution in [3.05, 3.63) is 28.3 Å². The van der Waals surface area contributed by atoms with E-state index in [9.17, 15) is 5.11 Å². The van der Waals surface area contributed by atoms with Gasteiger partial charge in [-0.1, -0.05) is 25.4 Å². The zero-order valence-electron chi connectivity index (χ0n) is 10.6. The highest BCUT2D eigenvalue weighted by Gasteiger charge is 2.29. The van der Waals surface area contributed by atoms with Crippen LogP contribution in [-0.4, -0.2) is 12.2 Å². The van der Waals surface area contributed by atoms with Crippen molar-refractivity contribution in [2.24, 2.45) is 5.41 Å². The molecule has 1 aromatic rings. The molecule has 0 amide bonds. The van der Waals surface area contributed by atoms with E-state index in [1.807, 2.05) is 12.1 Å². The van der Waals surface area contributed by atoms with E-state index in [1.165, 1.54) is 0 Å². The number of hydrogen-bond donors (Lipinski definition) is 1. The molecule has 3 heteroatoms. The summed E-state index contributed by atoms with van der Waals surface area (Å²) in [6.45, 7) is 4.38. The summed E-state index contributed by atoms with van der Waals surface area (Å²) in [6.07, 6.45) is 2.28. The summed E-state index contributed by atoms with van der Waals surface area (Å²) in [5, 5.41) is 11.0. The van der Waals surface area contributed by atoms with Crippen LogP contribution in [0.5, 0.6) is 5.75 Å². The molecule has 0 aliphatic heterocycles. The molecule has 2 rings (SSSR count). The molecule has 0 heterocycles. The standard InChI is InChI=1S/C14H19ClO2/c1-14(2)5-4-10-11(13(16)8-14)6-9(17-3)7-12(10)15/h6-7,13,16H,4-5,8H2,1-3H3. The maximum Gasteiger partial charge on any atom is 0.120 e. The first kappa shape index (κ1) is 12.7. The van der Waals surface area contributed by atoms with Crippen molar-refractivity contribution in [1.82, 2.24) is 0 Å². The molecule has 94 valence electrons. The van der Waals surface area contributed by atoms with Gasteiger partial charge in [0.25, 0.3) is 0 Å². The third-order valence-electron chi connectivity index (χ3n) is 3.60. The summed E-state index contributed by atoms with van der Waals surface area (Å²) >= 11 is 6.27. The molecule has 0 bridgehead atoms. The highest BCUT2D eigenvalue weighted by atomic mass is 35.5. The minimum atomic E-state index is -0.449. The lowest BCUT2D eigenvalue weighted by molar-refractivity contribution is 0.116. The summed E-state index contributed by atoms with van der Waals surface area (Å²) in [5.74, 6) is 0.715. The quantitative estimate of drug-likeness (QED) is 0.774. The van der Waals surface area contributed by atoms with Crippen LogP contribution in [-0.2, 0) is 6.42 Å². The Morgan fingerprint density at radius 3 is 2.76 bits per heavy atom. The SMILES string of the molecule is COc1cc(Cl)c2c(c1)C(O)CC(C)(C)CC2. The molecule has 1 atom stereocenters. The topological polar surface area (TPSA) is 29.5 Å². The van der Waals surface area contributed by atoms with Gasteiger partial charge < -0.3 is 9.84 Å². The van der Waals surface area contributed by atoms with Gasteiger partial charge in [-0.3, -0.25) is 0 Å². The number of ether oxygens (including phenoxy) is 1. The monoisotopic (exact) mass is 254 g/mol. The maximum atomic E-state index is 10.3. The lowest BCUT2D eigenvalue weighted by atomic mass is 9.84. The van der Waals surface area contributed by atoms with Gasteiger partial charge in [-0.25, -0.2) is 0 Å². The molecule has 0 aromatic heterocycles. The number of aliphatic hydroxyl groups is 1. The van der Waals surface area contributed by atoms with E-state index < -0.39 is 6.10 Å². The molecule has 17 heavy (non-hydrogen) atoms. The fourth-order valence-electron chi connectivity index (χ4n) is 2.51. The van der Waals surface area contributed by atoms with Crippen molar-refractivity contribution < 1.29 is 9.84 Å². The fraction of sp³-hybridized carbons (Fsp3) is 0.571. The number of aliphatic hydroxyl groups excluding tert-OH is 1. The van der Waals surface area contributed by atoms with Gasteiger partial charge in [-0.15, -0.1) is 0 Å². The summed E-state index contributed by atoms with van der Waals surface area (Å²) in [7, 11) is 1.62. The van der Waals surface area contributed by atoms with Gasteiger partial charge in [0.2, 0.25) is 0 Å². The van der Waals surface area contributed by atoms with Crippen LogP contribution in [0.4, 0.5) is 0 Å². The molecule has 1 N–H and O–H groups in total. The minimum Gasteiger partial charge on any atom is -0.497 e. The predicted molar refractivity (Wildman–Crippen MR) is 69.7 cm³/mol. The molecule has 0 saturated heterocycles. The predicted octanol–water partition coefficient (Wildman–Crippen LogP) is 3.74. The molecular weight excluding hydrogens is 236 g/mol. The van der Waals surface area contributed by atoms with E-state index >= 15 is 0 Å². The largest absolute Gasteiger partial charge is 0.497 e. The second-order valence-electron chi connectivity index (χ2n) is 5.56. The Hall–Kier alpha value is -0.730. The van der Waals surface area contributed by atoms with Crippen LogP contribution in [0.1, 0.15) is 43.9 Å². The summed E-state index contributed by atoms with van der Waals surface area (Å²) in [4.78, 5) is 0. The van der Waals surface area contributed by atoms with Gasteiger partial charge in [0.15, 0.2) is 0 Å². The van der Waals surface area contributed by atoms with Gasteiger partial charge in [0.05, 0.1) is 13.2 Å². The van der Waals surface area contributed by atoms with Crippen LogP contribution in [0.25, 0.3) is 0 Å². The number of benzene rings is 1. The Labute approximate surface area is 108 Å². The lowest BCUT2D eigenvalue weighted by Crippen LogP contribution is -2.13. The number of halogens is 1. The zero-order valence-corrected chi connectivity index (χ0v) is 11.3. The Morgan fingerprint density at radius 2 is 2.12 bits per heavy atom.